The number of hydrogen-bond donors (Lipinski definition) is 1. The minimum Gasteiger partial charge on any atom is -0.340 e. The summed E-state index contributed by atoms with van der Waals surface area (Å²) in [5.41, 5.74) is 7.08. The van der Waals surface area contributed by atoms with Crippen LogP contribution in [-0.4, -0.2) is 28.5 Å². The topological polar surface area (TPSA) is 46.6 Å². The van der Waals surface area contributed by atoms with Crippen molar-refractivity contribution >= 4 is 36.3 Å². The van der Waals surface area contributed by atoms with Gasteiger partial charge in [0.1, 0.15) is 0 Å². The van der Waals surface area contributed by atoms with E-state index in [-0.39, 0.29) is 30.9 Å². The van der Waals surface area contributed by atoms with Crippen molar-refractivity contribution in [3.05, 3.63) is 30.6 Å². The Balaban J connectivity index is 0.000000722. The first-order valence-electron chi connectivity index (χ1n) is 5.27. The monoisotopic (exact) mass is 274 g/mol. The molecule has 1 unspecified atom stereocenters. The van der Waals surface area contributed by atoms with E-state index in [1.54, 1.807) is 0 Å². The van der Waals surface area contributed by atoms with Crippen molar-refractivity contribution in [1.29, 1.82) is 0 Å². The first kappa shape index (κ1) is 14.1. The van der Waals surface area contributed by atoms with E-state index in [4.69, 9.17) is 5.73 Å². The van der Waals surface area contributed by atoms with Crippen LogP contribution in [0.2, 0.25) is 0 Å². The Morgan fingerprint density at radius 2 is 2.12 bits per heavy atom. The van der Waals surface area contributed by atoms with E-state index in [9.17, 15) is 0 Å². The van der Waals surface area contributed by atoms with Gasteiger partial charge in [-0.15, -0.1) is 24.8 Å². The Bertz CT molecular complexity index is 485. The van der Waals surface area contributed by atoms with E-state index >= 15 is 0 Å². The van der Waals surface area contributed by atoms with Crippen LogP contribution in [-0.2, 0) is 0 Å². The molecule has 0 spiro atoms. The van der Waals surface area contributed by atoms with Crippen LogP contribution in [0.3, 0.4) is 0 Å². The van der Waals surface area contributed by atoms with Crippen molar-refractivity contribution in [3.63, 3.8) is 0 Å². The zero-order valence-electron chi connectivity index (χ0n) is 9.32. The second kappa shape index (κ2) is 5.58. The highest BCUT2D eigenvalue weighted by molar-refractivity contribution is 5.85. The highest BCUT2D eigenvalue weighted by atomic mass is 35.5. The second-order valence-corrected chi connectivity index (χ2v) is 4.04. The number of aromatic nitrogens is 2. The fraction of sp³-hybridized carbons (Fsp3) is 0.364. The summed E-state index contributed by atoms with van der Waals surface area (Å²) in [5, 5.41) is 0. The van der Waals surface area contributed by atoms with Gasteiger partial charge in [-0.3, -0.25) is 4.40 Å². The number of halogens is 2. The summed E-state index contributed by atoms with van der Waals surface area (Å²) in [6.07, 6.45) is 4.95. The summed E-state index contributed by atoms with van der Waals surface area (Å²) < 4.78 is 2.11. The molecular weight excluding hydrogens is 259 g/mol. The molecule has 0 aromatic carbocycles. The van der Waals surface area contributed by atoms with Crippen molar-refractivity contribution in [2.24, 2.45) is 5.73 Å². The third kappa shape index (κ3) is 2.49. The van der Waals surface area contributed by atoms with Crippen molar-refractivity contribution in [2.75, 3.05) is 18.0 Å². The minimum absolute atomic E-state index is 0. The van der Waals surface area contributed by atoms with E-state index < -0.39 is 0 Å². The molecule has 3 heterocycles. The van der Waals surface area contributed by atoms with Crippen molar-refractivity contribution in [3.8, 4) is 0 Å². The van der Waals surface area contributed by atoms with Gasteiger partial charge in [0.15, 0.2) is 0 Å². The van der Waals surface area contributed by atoms with E-state index in [1.165, 1.54) is 5.52 Å². The first-order chi connectivity index (χ1) is 7.34. The van der Waals surface area contributed by atoms with Crippen molar-refractivity contribution in [2.45, 2.75) is 12.5 Å². The number of nitrogens with zero attached hydrogens (tertiary/aromatic N) is 3. The lowest BCUT2D eigenvalue weighted by Gasteiger charge is -2.17. The highest BCUT2D eigenvalue weighted by Crippen LogP contribution is 2.18. The zero-order chi connectivity index (χ0) is 10.3. The molecule has 0 aliphatic carbocycles. The maximum atomic E-state index is 5.90. The summed E-state index contributed by atoms with van der Waals surface area (Å²) in [6.45, 7) is 1.91. The first-order valence-corrected chi connectivity index (χ1v) is 5.27. The molecule has 4 nitrogen and oxygen atoms in total. The molecule has 17 heavy (non-hydrogen) atoms. The molecule has 3 rings (SSSR count). The van der Waals surface area contributed by atoms with Gasteiger partial charge in [-0.25, -0.2) is 4.98 Å². The van der Waals surface area contributed by atoms with Crippen LogP contribution >= 0.6 is 24.8 Å². The van der Waals surface area contributed by atoms with Gasteiger partial charge in [0.05, 0.1) is 0 Å². The van der Waals surface area contributed by atoms with Gasteiger partial charge < -0.3 is 10.6 Å². The van der Waals surface area contributed by atoms with Crippen LogP contribution in [0.1, 0.15) is 6.42 Å². The number of rotatable bonds is 1. The number of fused-ring (bicyclic) bond motifs is 1. The van der Waals surface area contributed by atoms with Gasteiger partial charge >= 0.3 is 0 Å². The minimum atomic E-state index is 0. The molecule has 0 amide bonds. The van der Waals surface area contributed by atoms with Crippen LogP contribution in [0, 0.1) is 0 Å². The van der Waals surface area contributed by atoms with Gasteiger partial charge in [0, 0.05) is 37.0 Å². The van der Waals surface area contributed by atoms with Crippen molar-refractivity contribution in [1.82, 2.24) is 9.38 Å². The van der Waals surface area contributed by atoms with E-state index in [1.807, 2.05) is 24.5 Å². The standard InChI is InChI=1S/C11H14N4.2ClH/c12-9-4-7-14(8-9)11-13-5-3-10-2-1-6-15(10)11;;/h1-3,5-6,9H,4,7-8,12H2;2*1H. The molecule has 1 aliphatic heterocycles. The largest absolute Gasteiger partial charge is 0.340 e. The number of anilines is 1. The number of nitrogens with two attached hydrogens (primary N) is 1. The summed E-state index contributed by atoms with van der Waals surface area (Å²) in [7, 11) is 0. The Labute approximate surface area is 113 Å². The predicted octanol–water partition coefficient (Wildman–Crippen LogP) is 1.72. The molecule has 0 saturated carbocycles. The van der Waals surface area contributed by atoms with Gasteiger partial charge in [-0.1, -0.05) is 0 Å². The normalized spacial score (nSPS) is 18.9. The lowest BCUT2D eigenvalue weighted by Crippen LogP contribution is -2.28. The molecule has 1 atom stereocenters. The zero-order valence-corrected chi connectivity index (χ0v) is 11.0. The molecule has 0 bridgehead atoms. The third-order valence-corrected chi connectivity index (χ3v) is 2.94. The molecule has 1 fully saturated rings. The molecule has 6 heteroatoms. The van der Waals surface area contributed by atoms with Gasteiger partial charge in [-0.2, -0.15) is 0 Å². The fourth-order valence-electron chi connectivity index (χ4n) is 2.16. The highest BCUT2D eigenvalue weighted by Gasteiger charge is 2.21. The summed E-state index contributed by atoms with van der Waals surface area (Å²) >= 11 is 0. The van der Waals surface area contributed by atoms with Crippen LogP contribution < -0.4 is 10.6 Å². The Morgan fingerprint density at radius 1 is 1.29 bits per heavy atom. The lowest BCUT2D eigenvalue weighted by molar-refractivity contribution is 0.749. The average Bonchev–Trinajstić information content (AvgIpc) is 2.84. The van der Waals surface area contributed by atoms with Gasteiger partial charge in [0.25, 0.3) is 0 Å². The fourth-order valence-corrected chi connectivity index (χ4v) is 2.16. The van der Waals surface area contributed by atoms with E-state index in [2.05, 4.69) is 20.4 Å². The summed E-state index contributed by atoms with van der Waals surface area (Å²) in [4.78, 5) is 6.68. The molecule has 0 radical (unpaired) electrons. The average molecular weight is 275 g/mol. The molecule has 1 aliphatic rings. The SMILES string of the molecule is Cl.Cl.NC1CCN(c2nccc3cccn23)C1. The maximum absolute atomic E-state index is 5.90. The Hall–Kier alpha value is -0.970. The quantitative estimate of drug-likeness (QED) is 0.862. The maximum Gasteiger partial charge on any atom is 0.210 e. The molecule has 1 saturated heterocycles. The summed E-state index contributed by atoms with van der Waals surface area (Å²) in [5.74, 6) is 1.01. The van der Waals surface area contributed by atoms with Gasteiger partial charge in [-0.05, 0) is 24.6 Å². The lowest BCUT2D eigenvalue weighted by atomic mass is 10.3. The van der Waals surface area contributed by atoms with E-state index in [0.717, 1.165) is 25.5 Å². The smallest absolute Gasteiger partial charge is 0.210 e. The molecule has 2 aromatic rings. The third-order valence-electron chi connectivity index (χ3n) is 2.94. The predicted molar refractivity (Wildman–Crippen MR) is 74.5 cm³/mol. The molecule has 2 N–H and O–H groups in total. The number of hydrogen-bond acceptors (Lipinski definition) is 3. The molecule has 2 aromatic heterocycles. The van der Waals surface area contributed by atoms with Crippen LogP contribution in [0.5, 0.6) is 0 Å². The van der Waals surface area contributed by atoms with Crippen LogP contribution in [0.4, 0.5) is 5.95 Å². The Kier molecular flexibility index (Phi) is 4.62. The van der Waals surface area contributed by atoms with Crippen LogP contribution in [0.15, 0.2) is 30.6 Å². The summed E-state index contributed by atoms with van der Waals surface area (Å²) in [6, 6.07) is 6.43. The second-order valence-electron chi connectivity index (χ2n) is 4.04. The van der Waals surface area contributed by atoms with Gasteiger partial charge in [0.2, 0.25) is 5.95 Å². The van der Waals surface area contributed by atoms with Crippen LogP contribution in [0.25, 0.3) is 5.52 Å². The Morgan fingerprint density at radius 3 is 2.82 bits per heavy atom. The van der Waals surface area contributed by atoms with Crippen molar-refractivity contribution < 1.29 is 0 Å². The van der Waals surface area contributed by atoms with E-state index in [0.29, 0.717) is 0 Å². The molecule has 94 valence electrons. The molecular formula is C11H16Cl2N4.